The van der Waals surface area contributed by atoms with Crippen LogP contribution in [-0.4, -0.2) is 42.3 Å². The fraction of sp³-hybridized carbons (Fsp3) is 0.318. The minimum absolute atomic E-state index is 0.0269. The molecule has 6 nitrogen and oxygen atoms in total. The van der Waals surface area contributed by atoms with Crippen LogP contribution in [0.2, 0.25) is 0 Å². The lowest BCUT2D eigenvalue weighted by molar-refractivity contribution is -0.139. The number of halogens is 2. The second kappa shape index (κ2) is 9.47. The summed E-state index contributed by atoms with van der Waals surface area (Å²) in [5.41, 5.74) is 0.888. The number of carbonyl (C=O) groups excluding carboxylic acids is 3. The third-order valence-corrected chi connectivity index (χ3v) is 5.05. The molecule has 1 fully saturated rings. The van der Waals surface area contributed by atoms with Crippen molar-refractivity contribution in [2.75, 3.05) is 24.5 Å². The molecule has 0 unspecified atom stereocenters. The number of para-hydroxylation sites is 1. The van der Waals surface area contributed by atoms with Gasteiger partial charge < -0.3 is 15.1 Å². The number of nitrogens with one attached hydrogen (secondary N) is 1. The van der Waals surface area contributed by atoms with E-state index in [0.717, 1.165) is 5.56 Å². The van der Waals surface area contributed by atoms with E-state index in [9.17, 15) is 23.2 Å². The molecule has 1 saturated heterocycles. The minimum Gasteiger partial charge on any atom is -0.350 e. The second-order valence-electron chi connectivity index (χ2n) is 7.11. The molecule has 1 aliphatic rings. The largest absolute Gasteiger partial charge is 0.350 e. The predicted octanol–water partition coefficient (Wildman–Crippen LogP) is 2.48. The first-order valence-corrected chi connectivity index (χ1v) is 9.74. The van der Waals surface area contributed by atoms with Crippen LogP contribution in [0.3, 0.4) is 0 Å². The van der Waals surface area contributed by atoms with Gasteiger partial charge in [-0.2, -0.15) is 0 Å². The molecule has 3 rings (SSSR count). The van der Waals surface area contributed by atoms with Crippen LogP contribution in [0.25, 0.3) is 0 Å². The zero-order valence-corrected chi connectivity index (χ0v) is 16.6. The van der Waals surface area contributed by atoms with Crippen molar-refractivity contribution in [2.24, 2.45) is 5.92 Å². The zero-order chi connectivity index (χ0) is 21.7. The smallest absolute Gasteiger partial charge is 0.239 e. The van der Waals surface area contributed by atoms with Gasteiger partial charge in [-0.1, -0.05) is 24.3 Å². The summed E-state index contributed by atoms with van der Waals surface area (Å²) in [6, 6.07) is 11.7. The van der Waals surface area contributed by atoms with E-state index in [1.54, 1.807) is 25.1 Å². The Labute approximate surface area is 173 Å². The van der Waals surface area contributed by atoms with Gasteiger partial charge in [0, 0.05) is 26.1 Å². The maximum Gasteiger partial charge on any atom is 0.239 e. The molecule has 158 valence electrons. The van der Waals surface area contributed by atoms with E-state index in [1.165, 1.54) is 40.1 Å². The van der Waals surface area contributed by atoms with Crippen LogP contribution >= 0.6 is 0 Å². The van der Waals surface area contributed by atoms with Gasteiger partial charge in [-0.05, 0) is 36.8 Å². The molecule has 0 bridgehead atoms. The van der Waals surface area contributed by atoms with E-state index in [4.69, 9.17) is 0 Å². The summed E-state index contributed by atoms with van der Waals surface area (Å²) in [5.74, 6) is -2.52. The van der Waals surface area contributed by atoms with Gasteiger partial charge in [0.1, 0.15) is 11.6 Å². The highest BCUT2D eigenvalue weighted by atomic mass is 19.1. The second-order valence-corrected chi connectivity index (χ2v) is 7.11. The monoisotopic (exact) mass is 415 g/mol. The van der Waals surface area contributed by atoms with Crippen molar-refractivity contribution < 1.29 is 23.2 Å². The Morgan fingerprint density at radius 1 is 1.13 bits per heavy atom. The summed E-state index contributed by atoms with van der Waals surface area (Å²) in [6.45, 7) is 2.19. The normalized spacial score (nSPS) is 15.9. The van der Waals surface area contributed by atoms with Gasteiger partial charge in [0.05, 0.1) is 18.2 Å². The molecular weight excluding hydrogens is 392 g/mol. The van der Waals surface area contributed by atoms with Crippen molar-refractivity contribution in [3.63, 3.8) is 0 Å². The molecule has 0 saturated carbocycles. The van der Waals surface area contributed by atoms with Crippen molar-refractivity contribution in [3.05, 3.63) is 65.7 Å². The first-order valence-electron chi connectivity index (χ1n) is 9.74. The highest BCUT2D eigenvalue weighted by Gasteiger charge is 2.38. The maximum atomic E-state index is 14.0. The Morgan fingerprint density at radius 3 is 2.50 bits per heavy atom. The molecule has 1 atom stereocenters. The molecule has 2 aromatic carbocycles. The van der Waals surface area contributed by atoms with E-state index in [1.807, 2.05) is 0 Å². The summed E-state index contributed by atoms with van der Waals surface area (Å²) in [4.78, 5) is 40.1. The molecule has 1 N–H and O–H groups in total. The SMILES string of the molecule is CCN(CC(=O)NCc1ccc(F)cc1)C(=O)[C@@H]1CC(=O)N(c2ccccc2F)C1. The number of benzene rings is 2. The lowest BCUT2D eigenvalue weighted by Crippen LogP contribution is -2.43. The first-order chi connectivity index (χ1) is 14.4. The number of hydrogen-bond donors (Lipinski definition) is 1. The van der Waals surface area contributed by atoms with Crippen LogP contribution in [0.1, 0.15) is 18.9 Å². The molecular formula is C22H23F2N3O3. The lowest BCUT2D eigenvalue weighted by Gasteiger charge is -2.24. The number of nitrogens with zero attached hydrogens (tertiary/aromatic N) is 2. The molecule has 0 radical (unpaired) electrons. The number of amides is 3. The van der Waals surface area contributed by atoms with Gasteiger partial charge in [0.25, 0.3) is 0 Å². The Bertz CT molecular complexity index is 933. The Balaban J connectivity index is 1.57. The van der Waals surface area contributed by atoms with Crippen molar-refractivity contribution in [2.45, 2.75) is 19.9 Å². The third kappa shape index (κ3) is 5.00. The highest BCUT2D eigenvalue weighted by molar-refractivity contribution is 6.00. The highest BCUT2D eigenvalue weighted by Crippen LogP contribution is 2.28. The van der Waals surface area contributed by atoms with Crippen LogP contribution in [0.5, 0.6) is 0 Å². The summed E-state index contributed by atoms with van der Waals surface area (Å²) >= 11 is 0. The van der Waals surface area contributed by atoms with Gasteiger partial charge in [-0.3, -0.25) is 14.4 Å². The molecule has 1 aliphatic heterocycles. The summed E-state index contributed by atoms with van der Waals surface area (Å²) < 4.78 is 27.0. The summed E-state index contributed by atoms with van der Waals surface area (Å²) in [5, 5.41) is 2.70. The molecule has 1 heterocycles. The standard InChI is InChI=1S/C22H23F2N3O3/c1-2-26(14-20(28)25-12-15-7-9-17(23)10-8-15)22(30)16-11-21(29)27(13-16)19-6-4-3-5-18(19)24/h3-10,16H,2,11-14H2,1H3,(H,25,28)/t16-/m1/s1. The molecule has 3 amide bonds. The fourth-order valence-corrected chi connectivity index (χ4v) is 3.41. The van der Waals surface area contributed by atoms with Gasteiger partial charge in [-0.25, -0.2) is 8.78 Å². The van der Waals surface area contributed by atoms with E-state index in [2.05, 4.69) is 5.32 Å². The van der Waals surface area contributed by atoms with E-state index in [-0.39, 0.29) is 55.3 Å². The average molecular weight is 415 g/mol. The number of carbonyl (C=O) groups is 3. The van der Waals surface area contributed by atoms with Crippen LogP contribution < -0.4 is 10.2 Å². The summed E-state index contributed by atoms with van der Waals surface area (Å²) in [6.07, 6.45) is -0.0269. The van der Waals surface area contributed by atoms with E-state index < -0.39 is 11.7 Å². The number of hydrogen-bond acceptors (Lipinski definition) is 3. The molecule has 0 spiro atoms. The van der Waals surface area contributed by atoms with E-state index in [0.29, 0.717) is 6.54 Å². The van der Waals surface area contributed by atoms with Gasteiger partial charge in [0.15, 0.2) is 0 Å². The van der Waals surface area contributed by atoms with Crippen LogP contribution in [0, 0.1) is 17.6 Å². The van der Waals surface area contributed by atoms with Crippen LogP contribution in [0.4, 0.5) is 14.5 Å². The van der Waals surface area contributed by atoms with Gasteiger partial charge in [-0.15, -0.1) is 0 Å². The minimum atomic E-state index is -0.637. The average Bonchev–Trinajstić information content (AvgIpc) is 3.13. The summed E-state index contributed by atoms with van der Waals surface area (Å²) in [7, 11) is 0. The molecule has 0 aromatic heterocycles. The third-order valence-electron chi connectivity index (χ3n) is 5.05. The first kappa shape index (κ1) is 21.4. The number of likely N-dealkylation sites (N-methyl/N-ethyl adjacent to an activating group) is 1. The quantitative estimate of drug-likeness (QED) is 0.756. The molecule has 30 heavy (non-hydrogen) atoms. The topological polar surface area (TPSA) is 69.7 Å². The van der Waals surface area contributed by atoms with Crippen LogP contribution in [0.15, 0.2) is 48.5 Å². The number of rotatable bonds is 7. The Hall–Kier alpha value is -3.29. The van der Waals surface area contributed by atoms with Crippen LogP contribution in [-0.2, 0) is 20.9 Å². The van der Waals surface area contributed by atoms with Gasteiger partial charge in [0.2, 0.25) is 17.7 Å². The molecule has 2 aromatic rings. The van der Waals surface area contributed by atoms with Crippen molar-refractivity contribution in [1.82, 2.24) is 10.2 Å². The van der Waals surface area contributed by atoms with Crippen molar-refractivity contribution >= 4 is 23.4 Å². The molecule has 0 aliphatic carbocycles. The van der Waals surface area contributed by atoms with E-state index >= 15 is 0 Å². The lowest BCUT2D eigenvalue weighted by atomic mass is 10.1. The fourth-order valence-electron chi connectivity index (χ4n) is 3.41. The van der Waals surface area contributed by atoms with Gasteiger partial charge >= 0.3 is 0 Å². The van der Waals surface area contributed by atoms with Crippen molar-refractivity contribution in [3.8, 4) is 0 Å². The Kier molecular flexibility index (Phi) is 6.76. The predicted molar refractivity (Wildman–Crippen MR) is 107 cm³/mol. The Morgan fingerprint density at radius 2 is 1.83 bits per heavy atom. The zero-order valence-electron chi connectivity index (χ0n) is 16.6. The number of anilines is 1. The van der Waals surface area contributed by atoms with Crippen molar-refractivity contribution in [1.29, 1.82) is 0 Å². The molecule has 8 heteroatoms. The maximum absolute atomic E-state index is 14.0.